The smallest absolute Gasteiger partial charge is 0.213 e. The molecule has 1 fully saturated rings. The van der Waals surface area contributed by atoms with Crippen LogP contribution in [0.4, 0.5) is 0 Å². The van der Waals surface area contributed by atoms with Crippen LogP contribution >= 0.6 is 11.6 Å². The predicted molar refractivity (Wildman–Crippen MR) is 69.4 cm³/mol. The van der Waals surface area contributed by atoms with Crippen molar-refractivity contribution in [2.75, 3.05) is 6.61 Å². The highest BCUT2D eigenvalue weighted by atomic mass is 35.5. The Labute approximate surface area is 108 Å². The first kappa shape index (κ1) is 12.7. The number of hydrogen-bond acceptors (Lipinski definition) is 3. The van der Waals surface area contributed by atoms with Crippen molar-refractivity contribution < 1.29 is 4.74 Å². The fourth-order valence-electron chi connectivity index (χ4n) is 1.45. The normalized spacial score (nSPS) is 15.3. The number of pyridine rings is 1. The topological polar surface area (TPSA) is 34.1 Å². The molecule has 0 atom stereocenters. The van der Waals surface area contributed by atoms with Crippen molar-refractivity contribution in [2.24, 2.45) is 5.92 Å². The molecule has 0 radical (unpaired) electrons. The summed E-state index contributed by atoms with van der Waals surface area (Å²) < 4.78 is 5.59. The van der Waals surface area contributed by atoms with Crippen LogP contribution in [0.15, 0.2) is 12.1 Å². The van der Waals surface area contributed by atoms with Gasteiger partial charge in [-0.3, -0.25) is 0 Å². The number of nitrogens with zero attached hydrogens (tertiary/aromatic N) is 1. The molecule has 2 rings (SSSR count). The molecule has 1 aromatic heterocycles. The quantitative estimate of drug-likeness (QED) is 0.847. The lowest BCUT2D eigenvalue weighted by molar-refractivity contribution is 0.260. The molecule has 3 nitrogen and oxygen atoms in total. The van der Waals surface area contributed by atoms with E-state index < -0.39 is 0 Å². The SMILES string of the molecule is CC(C)COc1ccc(Cl)c(CNC2CC2)n1. The van der Waals surface area contributed by atoms with Crippen molar-refractivity contribution in [2.45, 2.75) is 39.3 Å². The van der Waals surface area contributed by atoms with Crippen LogP contribution in [0.2, 0.25) is 5.02 Å². The van der Waals surface area contributed by atoms with Crippen LogP contribution in [-0.2, 0) is 6.54 Å². The fourth-order valence-corrected chi connectivity index (χ4v) is 1.62. The van der Waals surface area contributed by atoms with Crippen LogP contribution in [0.1, 0.15) is 32.4 Å². The van der Waals surface area contributed by atoms with Gasteiger partial charge in [0.15, 0.2) is 0 Å². The number of rotatable bonds is 6. The summed E-state index contributed by atoms with van der Waals surface area (Å²) in [5.41, 5.74) is 0.875. The minimum atomic E-state index is 0.500. The lowest BCUT2D eigenvalue weighted by atomic mass is 10.2. The van der Waals surface area contributed by atoms with E-state index in [1.165, 1.54) is 12.8 Å². The minimum absolute atomic E-state index is 0.500. The molecule has 0 amide bonds. The Morgan fingerprint density at radius 3 is 2.88 bits per heavy atom. The molecule has 94 valence electrons. The molecule has 0 aliphatic heterocycles. The summed E-state index contributed by atoms with van der Waals surface area (Å²) in [5.74, 6) is 1.16. The zero-order valence-corrected chi connectivity index (χ0v) is 11.1. The molecule has 0 unspecified atom stereocenters. The summed E-state index contributed by atoms with van der Waals surface area (Å²) in [4.78, 5) is 4.43. The molecule has 1 aromatic rings. The molecule has 1 aliphatic carbocycles. The number of nitrogens with one attached hydrogen (secondary N) is 1. The van der Waals surface area contributed by atoms with Gasteiger partial charge in [-0.05, 0) is 24.8 Å². The lowest BCUT2D eigenvalue weighted by Gasteiger charge is -2.10. The standard InChI is InChI=1S/C13H19ClN2O/c1-9(2)8-17-13-6-5-11(14)12(16-13)7-15-10-3-4-10/h5-6,9-10,15H,3-4,7-8H2,1-2H3. The van der Waals surface area contributed by atoms with Crippen LogP contribution in [0.5, 0.6) is 5.88 Å². The largest absolute Gasteiger partial charge is 0.477 e. The molecule has 4 heteroatoms. The molecule has 17 heavy (non-hydrogen) atoms. The summed E-state index contributed by atoms with van der Waals surface area (Å²) >= 11 is 6.10. The van der Waals surface area contributed by atoms with Crippen LogP contribution < -0.4 is 10.1 Å². The van der Waals surface area contributed by atoms with Crippen molar-refractivity contribution in [3.05, 3.63) is 22.8 Å². The Bertz CT molecular complexity index is 378. The van der Waals surface area contributed by atoms with Crippen LogP contribution in [-0.4, -0.2) is 17.6 Å². The lowest BCUT2D eigenvalue weighted by Crippen LogP contribution is -2.17. The zero-order valence-electron chi connectivity index (χ0n) is 10.4. The van der Waals surface area contributed by atoms with Crippen molar-refractivity contribution >= 4 is 11.6 Å². The molecule has 1 aliphatic rings. The maximum Gasteiger partial charge on any atom is 0.213 e. The van der Waals surface area contributed by atoms with Gasteiger partial charge in [0.05, 0.1) is 17.3 Å². The molecule has 1 saturated carbocycles. The van der Waals surface area contributed by atoms with Crippen molar-refractivity contribution in [3.63, 3.8) is 0 Å². The van der Waals surface area contributed by atoms with Gasteiger partial charge >= 0.3 is 0 Å². The monoisotopic (exact) mass is 254 g/mol. The molecule has 0 spiro atoms. The van der Waals surface area contributed by atoms with E-state index >= 15 is 0 Å². The summed E-state index contributed by atoms with van der Waals surface area (Å²) in [6, 6.07) is 4.34. The Kier molecular flexibility index (Phi) is 4.24. The predicted octanol–water partition coefficient (Wildman–Crippen LogP) is 3.02. The third-order valence-electron chi connectivity index (χ3n) is 2.59. The van der Waals surface area contributed by atoms with Crippen LogP contribution in [0.25, 0.3) is 0 Å². The van der Waals surface area contributed by atoms with E-state index in [0.717, 1.165) is 12.2 Å². The number of ether oxygens (including phenoxy) is 1. The van der Waals surface area contributed by atoms with Gasteiger partial charge in [-0.25, -0.2) is 4.98 Å². The molecule has 0 aromatic carbocycles. The average Bonchev–Trinajstić information content (AvgIpc) is 3.10. The first-order valence-corrected chi connectivity index (χ1v) is 6.54. The van der Waals surface area contributed by atoms with E-state index in [1.807, 2.05) is 12.1 Å². The number of halogens is 1. The second kappa shape index (κ2) is 5.69. The maximum absolute atomic E-state index is 6.10. The number of aromatic nitrogens is 1. The highest BCUT2D eigenvalue weighted by molar-refractivity contribution is 6.31. The van der Waals surface area contributed by atoms with Gasteiger partial charge in [0.25, 0.3) is 0 Å². The van der Waals surface area contributed by atoms with Crippen LogP contribution in [0.3, 0.4) is 0 Å². The van der Waals surface area contributed by atoms with E-state index in [9.17, 15) is 0 Å². The van der Waals surface area contributed by atoms with Gasteiger partial charge in [0.2, 0.25) is 5.88 Å². The summed E-state index contributed by atoms with van der Waals surface area (Å²) in [6.45, 7) is 5.64. The highest BCUT2D eigenvalue weighted by Gasteiger charge is 2.20. The van der Waals surface area contributed by atoms with Gasteiger partial charge in [0, 0.05) is 18.7 Å². The van der Waals surface area contributed by atoms with Crippen molar-refractivity contribution in [1.82, 2.24) is 10.3 Å². The van der Waals surface area contributed by atoms with Gasteiger partial charge in [-0.15, -0.1) is 0 Å². The molecular formula is C13H19ClN2O. The van der Waals surface area contributed by atoms with Gasteiger partial charge < -0.3 is 10.1 Å². The molecule has 1 heterocycles. The molecule has 0 bridgehead atoms. The summed E-state index contributed by atoms with van der Waals surface area (Å²) in [7, 11) is 0. The maximum atomic E-state index is 6.10. The van der Waals surface area contributed by atoms with Gasteiger partial charge in [-0.2, -0.15) is 0 Å². The summed E-state index contributed by atoms with van der Waals surface area (Å²) in [6.07, 6.45) is 2.53. The van der Waals surface area contributed by atoms with E-state index in [2.05, 4.69) is 24.1 Å². The Balaban J connectivity index is 1.94. The zero-order chi connectivity index (χ0) is 12.3. The molecule has 1 N–H and O–H groups in total. The van der Waals surface area contributed by atoms with Gasteiger partial charge in [0.1, 0.15) is 0 Å². The average molecular weight is 255 g/mol. The fraction of sp³-hybridized carbons (Fsp3) is 0.615. The molecular weight excluding hydrogens is 236 g/mol. The first-order valence-electron chi connectivity index (χ1n) is 6.16. The Hall–Kier alpha value is -0.800. The third-order valence-corrected chi connectivity index (χ3v) is 2.94. The Morgan fingerprint density at radius 2 is 2.24 bits per heavy atom. The number of hydrogen-bond donors (Lipinski definition) is 1. The second-order valence-corrected chi connectivity index (χ2v) is 5.35. The van der Waals surface area contributed by atoms with Crippen LogP contribution in [0, 0.1) is 5.92 Å². The Morgan fingerprint density at radius 1 is 1.47 bits per heavy atom. The third kappa shape index (κ3) is 4.17. The van der Waals surface area contributed by atoms with E-state index in [-0.39, 0.29) is 0 Å². The van der Waals surface area contributed by atoms with E-state index in [1.54, 1.807) is 0 Å². The van der Waals surface area contributed by atoms with Crippen molar-refractivity contribution in [1.29, 1.82) is 0 Å². The summed E-state index contributed by atoms with van der Waals surface area (Å²) in [5, 5.41) is 4.11. The van der Waals surface area contributed by atoms with Crippen molar-refractivity contribution in [3.8, 4) is 5.88 Å². The van der Waals surface area contributed by atoms with Gasteiger partial charge in [-0.1, -0.05) is 25.4 Å². The first-order chi connectivity index (χ1) is 8.15. The van der Waals surface area contributed by atoms with E-state index in [0.29, 0.717) is 29.5 Å². The second-order valence-electron chi connectivity index (χ2n) is 4.94. The van der Waals surface area contributed by atoms with E-state index in [4.69, 9.17) is 16.3 Å². The highest BCUT2D eigenvalue weighted by Crippen LogP contribution is 2.22. The molecule has 0 saturated heterocycles. The minimum Gasteiger partial charge on any atom is -0.477 e.